The molecular weight excluding hydrogens is 338 g/mol. The Balaban J connectivity index is 2.20. The third-order valence-electron chi connectivity index (χ3n) is 3.96. The monoisotopic (exact) mass is 351 g/mol. The Morgan fingerprint density at radius 3 is 2.00 bits per heavy atom. The molecule has 0 amide bonds. The molecule has 2 nitrogen and oxygen atoms in total. The third-order valence-corrected chi connectivity index (χ3v) is 4.46. The van der Waals surface area contributed by atoms with E-state index in [-0.39, 0.29) is 0 Å². The van der Waals surface area contributed by atoms with Crippen molar-refractivity contribution in [1.82, 2.24) is 4.57 Å². The van der Waals surface area contributed by atoms with E-state index in [1.807, 2.05) is 12.1 Å². The molecule has 3 aromatic carbocycles. The van der Waals surface area contributed by atoms with E-state index in [1.165, 1.54) is 21.8 Å². The molecule has 0 aliphatic carbocycles. The van der Waals surface area contributed by atoms with Crippen LogP contribution in [-0.2, 0) is 0 Å². The third kappa shape index (κ3) is 1.93. The second-order valence-corrected chi connectivity index (χ2v) is 6.10. The molecule has 1 aromatic heterocycles. The maximum absolute atomic E-state index is 5.58. The van der Waals surface area contributed by atoms with Crippen LogP contribution in [-0.4, -0.2) is 11.7 Å². The average Bonchev–Trinajstić information content (AvgIpc) is 2.89. The summed E-state index contributed by atoms with van der Waals surface area (Å²) < 4.78 is 8.87. The maximum Gasteiger partial charge on any atom is 0.142 e. The van der Waals surface area contributed by atoms with Crippen molar-refractivity contribution in [2.75, 3.05) is 7.11 Å². The number of methoxy groups -OCH3 is 1. The van der Waals surface area contributed by atoms with Gasteiger partial charge in [-0.2, -0.15) is 0 Å². The largest absolute Gasteiger partial charge is 0.495 e. The molecule has 0 saturated heterocycles. The van der Waals surface area contributed by atoms with E-state index in [0.717, 1.165) is 15.9 Å². The number of aromatic nitrogens is 1. The quantitative estimate of drug-likeness (QED) is 0.461. The van der Waals surface area contributed by atoms with Crippen molar-refractivity contribution < 1.29 is 4.74 Å². The molecule has 4 aromatic rings. The van der Waals surface area contributed by atoms with Crippen molar-refractivity contribution in [3.63, 3.8) is 0 Å². The number of hydrogen-bond acceptors (Lipinski definition) is 1. The van der Waals surface area contributed by atoms with E-state index < -0.39 is 0 Å². The van der Waals surface area contributed by atoms with Gasteiger partial charge >= 0.3 is 0 Å². The van der Waals surface area contributed by atoms with E-state index >= 15 is 0 Å². The Hall–Kier alpha value is -2.26. The van der Waals surface area contributed by atoms with Gasteiger partial charge in [0.15, 0.2) is 0 Å². The lowest BCUT2D eigenvalue weighted by atomic mass is 10.2. The Kier molecular flexibility index (Phi) is 3.16. The highest BCUT2D eigenvalue weighted by molar-refractivity contribution is 9.10. The van der Waals surface area contributed by atoms with Gasteiger partial charge < -0.3 is 9.30 Å². The van der Waals surface area contributed by atoms with Crippen LogP contribution in [0, 0.1) is 0 Å². The van der Waals surface area contributed by atoms with E-state index in [2.05, 4.69) is 75.1 Å². The Morgan fingerprint density at radius 2 is 1.41 bits per heavy atom. The predicted octanol–water partition coefficient (Wildman–Crippen LogP) is 5.55. The summed E-state index contributed by atoms with van der Waals surface area (Å²) in [5.74, 6) is 0.856. The van der Waals surface area contributed by atoms with Crippen molar-refractivity contribution >= 4 is 37.7 Å². The fourth-order valence-electron chi connectivity index (χ4n) is 3.02. The molecule has 0 radical (unpaired) electrons. The van der Waals surface area contributed by atoms with Crippen molar-refractivity contribution in [3.8, 4) is 11.4 Å². The lowest BCUT2D eigenvalue weighted by Gasteiger charge is -2.13. The summed E-state index contributed by atoms with van der Waals surface area (Å²) in [5.41, 5.74) is 3.40. The molecule has 0 aliphatic rings. The van der Waals surface area contributed by atoms with E-state index in [0.29, 0.717) is 0 Å². The number of hydrogen-bond donors (Lipinski definition) is 0. The normalized spacial score (nSPS) is 11.2. The van der Waals surface area contributed by atoms with Crippen molar-refractivity contribution in [2.45, 2.75) is 0 Å². The van der Waals surface area contributed by atoms with Gasteiger partial charge in [-0.25, -0.2) is 0 Å². The summed E-state index contributed by atoms with van der Waals surface area (Å²) >= 11 is 3.57. The summed E-state index contributed by atoms with van der Waals surface area (Å²) in [5, 5.41) is 2.50. The molecule has 4 rings (SSSR count). The van der Waals surface area contributed by atoms with Crippen molar-refractivity contribution in [1.29, 1.82) is 0 Å². The highest BCUT2D eigenvalue weighted by Gasteiger charge is 2.14. The van der Waals surface area contributed by atoms with Crippen LogP contribution in [0.25, 0.3) is 27.5 Å². The minimum absolute atomic E-state index is 0.856. The van der Waals surface area contributed by atoms with E-state index in [4.69, 9.17) is 4.74 Å². The summed E-state index contributed by atoms with van der Waals surface area (Å²) in [4.78, 5) is 0. The van der Waals surface area contributed by atoms with Gasteiger partial charge in [0.25, 0.3) is 0 Å². The zero-order valence-electron chi connectivity index (χ0n) is 12.1. The number of rotatable bonds is 2. The standard InChI is InChI=1S/C19H14BrNO/c1-22-19-11-10-13(20)12-18(19)21-16-8-4-2-6-14(16)15-7-3-5-9-17(15)21/h2-12H,1H3. The molecule has 1 heterocycles. The summed E-state index contributed by atoms with van der Waals surface area (Å²) in [6.07, 6.45) is 0. The first kappa shape index (κ1) is 13.4. The van der Waals surface area contributed by atoms with Crippen LogP contribution in [0.15, 0.2) is 71.2 Å². The first-order valence-electron chi connectivity index (χ1n) is 7.11. The fourth-order valence-corrected chi connectivity index (χ4v) is 3.37. The van der Waals surface area contributed by atoms with Crippen LogP contribution in [0.2, 0.25) is 0 Å². The molecule has 0 fully saturated rings. The highest BCUT2D eigenvalue weighted by atomic mass is 79.9. The SMILES string of the molecule is COc1ccc(Br)cc1-n1c2ccccc2c2ccccc21. The lowest BCUT2D eigenvalue weighted by Crippen LogP contribution is -1.97. The van der Waals surface area contributed by atoms with Crippen LogP contribution < -0.4 is 4.74 Å². The molecular formula is C19H14BrNO. The number of ether oxygens (including phenoxy) is 1. The zero-order valence-corrected chi connectivity index (χ0v) is 13.7. The summed E-state index contributed by atoms with van der Waals surface area (Å²) in [6, 6.07) is 23.0. The minimum atomic E-state index is 0.856. The molecule has 0 saturated carbocycles. The first-order chi connectivity index (χ1) is 10.8. The first-order valence-corrected chi connectivity index (χ1v) is 7.91. The molecule has 0 unspecified atom stereocenters. The molecule has 0 aliphatic heterocycles. The second-order valence-electron chi connectivity index (χ2n) is 5.19. The molecule has 3 heteroatoms. The van der Waals surface area contributed by atoms with Gasteiger partial charge in [0, 0.05) is 15.2 Å². The molecule has 108 valence electrons. The van der Waals surface area contributed by atoms with Gasteiger partial charge in [0.1, 0.15) is 5.75 Å². The second kappa shape index (κ2) is 5.18. The topological polar surface area (TPSA) is 14.2 Å². The van der Waals surface area contributed by atoms with Crippen LogP contribution in [0.1, 0.15) is 0 Å². The van der Waals surface area contributed by atoms with Gasteiger partial charge in [-0.1, -0.05) is 52.3 Å². The zero-order chi connectivity index (χ0) is 15.1. The smallest absolute Gasteiger partial charge is 0.142 e. The Morgan fingerprint density at radius 1 is 0.818 bits per heavy atom. The number of benzene rings is 3. The maximum atomic E-state index is 5.58. The average molecular weight is 352 g/mol. The molecule has 0 atom stereocenters. The Bertz CT molecular complexity index is 934. The minimum Gasteiger partial charge on any atom is -0.495 e. The number of fused-ring (bicyclic) bond motifs is 3. The summed E-state index contributed by atoms with van der Waals surface area (Å²) in [6.45, 7) is 0. The lowest BCUT2D eigenvalue weighted by molar-refractivity contribution is 0.413. The molecule has 0 spiro atoms. The molecule has 0 N–H and O–H groups in total. The number of para-hydroxylation sites is 2. The van der Waals surface area contributed by atoms with Crippen LogP contribution >= 0.6 is 15.9 Å². The van der Waals surface area contributed by atoms with Gasteiger partial charge in [-0.3, -0.25) is 0 Å². The highest BCUT2D eigenvalue weighted by Crippen LogP contribution is 2.36. The van der Waals surface area contributed by atoms with Crippen LogP contribution in [0.5, 0.6) is 5.75 Å². The summed E-state index contributed by atoms with van der Waals surface area (Å²) in [7, 11) is 1.71. The van der Waals surface area contributed by atoms with Gasteiger partial charge in [-0.15, -0.1) is 0 Å². The predicted molar refractivity (Wildman–Crippen MR) is 95.0 cm³/mol. The van der Waals surface area contributed by atoms with E-state index in [1.54, 1.807) is 7.11 Å². The molecule has 0 bridgehead atoms. The Labute approximate surface area is 137 Å². The van der Waals surface area contributed by atoms with Gasteiger partial charge in [0.05, 0.1) is 23.8 Å². The van der Waals surface area contributed by atoms with Crippen molar-refractivity contribution in [2.24, 2.45) is 0 Å². The van der Waals surface area contributed by atoms with Gasteiger partial charge in [0.2, 0.25) is 0 Å². The number of nitrogens with zero attached hydrogens (tertiary/aromatic N) is 1. The van der Waals surface area contributed by atoms with Crippen molar-refractivity contribution in [3.05, 3.63) is 71.2 Å². The van der Waals surface area contributed by atoms with Gasteiger partial charge in [-0.05, 0) is 30.3 Å². The van der Waals surface area contributed by atoms with Crippen LogP contribution in [0.4, 0.5) is 0 Å². The molecule has 22 heavy (non-hydrogen) atoms. The van der Waals surface area contributed by atoms with E-state index in [9.17, 15) is 0 Å². The fraction of sp³-hybridized carbons (Fsp3) is 0.0526. The number of halogens is 1. The van der Waals surface area contributed by atoms with Crippen LogP contribution in [0.3, 0.4) is 0 Å².